The number of aliphatic carboxylic acids is 1. The Hall–Kier alpha value is -1.26. The van der Waals surface area contributed by atoms with Gasteiger partial charge in [0.1, 0.15) is 0 Å². The number of rotatable bonds is 4. The topological polar surface area (TPSA) is 78.4 Å². The van der Waals surface area contributed by atoms with E-state index in [4.69, 9.17) is 5.11 Å². The first-order valence-corrected chi connectivity index (χ1v) is 6.81. The van der Waals surface area contributed by atoms with Crippen molar-refractivity contribution in [3.8, 4) is 0 Å². The minimum absolute atomic E-state index is 0.221. The number of carboxylic acid groups (broad SMARTS) is 1. The molecule has 5 heteroatoms. The van der Waals surface area contributed by atoms with Crippen molar-refractivity contribution < 1.29 is 14.7 Å². The third kappa shape index (κ3) is 2.94. The lowest BCUT2D eigenvalue weighted by Gasteiger charge is -2.29. The zero-order valence-corrected chi connectivity index (χ0v) is 10.9. The highest BCUT2D eigenvalue weighted by atomic mass is 16.4. The van der Waals surface area contributed by atoms with E-state index in [1.807, 2.05) is 0 Å². The van der Waals surface area contributed by atoms with Gasteiger partial charge in [0.2, 0.25) is 0 Å². The van der Waals surface area contributed by atoms with Gasteiger partial charge >= 0.3 is 12.0 Å². The summed E-state index contributed by atoms with van der Waals surface area (Å²) in [7, 11) is 0. The fourth-order valence-electron chi connectivity index (χ4n) is 2.62. The molecule has 0 bridgehead atoms. The fourth-order valence-corrected chi connectivity index (χ4v) is 2.62. The summed E-state index contributed by atoms with van der Waals surface area (Å²) in [4.78, 5) is 22.7. The second-order valence-corrected chi connectivity index (χ2v) is 5.78. The number of carboxylic acids is 1. The van der Waals surface area contributed by atoms with Crippen LogP contribution < -0.4 is 10.6 Å². The maximum Gasteiger partial charge on any atom is 0.315 e. The Labute approximate surface area is 107 Å². The smallest absolute Gasteiger partial charge is 0.315 e. The largest absolute Gasteiger partial charge is 0.481 e. The van der Waals surface area contributed by atoms with Gasteiger partial charge in [-0.1, -0.05) is 19.8 Å². The van der Waals surface area contributed by atoms with Crippen LogP contribution in [0.1, 0.15) is 45.4 Å². The lowest BCUT2D eigenvalue weighted by Crippen LogP contribution is -2.48. The molecule has 2 unspecified atom stereocenters. The van der Waals surface area contributed by atoms with E-state index in [1.165, 1.54) is 6.42 Å². The second kappa shape index (κ2) is 5.16. The summed E-state index contributed by atoms with van der Waals surface area (Å²) in [6.07, 6.45) is 5.92. The molecule has 2 rings (SSSR count). The van der Waals surface area contributed by atoms with Gasteiger partial charge in [0, 0.05) is 12.6 Å². The summed E-state index contributed by atoms with van der Waals surface area (Å²) < 4.78 is 0. The van der Waals surface area contributed by atoms with E-state index in [0.717, 1.165) is 19.3 Å². The van der Waals surface area contributed by atoms with Crippen LogP contribution in [0.25, 0.3) is 0 Å². The lowest BCUT2D eigenvalue weighted by atomic mass is 9.86. The van der Waals surface area contributed by atoms with Crippen molar-refractivity contribution in [3.63, 3.8) is 0 Å². The third-order valence-corrected chi connectivity index (χ3v) is 4.32. The number of carbonyl (C=O) groups excluding carboxylic acids is 1. The highest BCUT2D eigenvalue weighted by molar-refractivity contribution is 5.80. The van der Waals surface area contributed by atoms with E-state index < -0.39 is 11.4 Å². The van der Waals surface area contributed by atoms with Crippen molar-refractivity contribution in [2.75, 3.05) is 6.54 Å². The van der Waals surface area contributed by atoms with Crippen LogP contribution >= 0.6 is 0 Å². The van der Waals surface area contributed by atoms with Crippen LogP contribution in [0.4, 0.5) is 4.79 Å². The first kappa shape index (κ1) is 13.2. The number of nitrogens with one attached hydrogen (secondary N) is 2. The molecule has 0 saturated heterocycles. The van der Waals surface area contributed by atoms with Crippen LogP contribution in [0.15, 0.2) is 0 Å². The molecule has 5 nitrogen and oxygen atoms in total. The molecule has 0 heterocycles. The van der Waals surface area contributed by atoms with Crippen molar-refractivity contribution in [2.45, 2.75) is 51.5 Å². The molecule has 0 radical (unpaired) electrons. The molecule has 2 saturated carbocycles. The van der Waals surface area contributed by atoms with Crippen molar-refractivity contribution in [1.29, 1.82) is 0 Å². The summed E-state index contributed by atoms with van der Waals surface area (Å²) in [6, 6.07) is 0.0139. The molecule has 0 aromatic rings. The minimum atomic E-state index is -0.797. The van der Waals surface area contributed by atoms with Gasteiger partial charge in [-0.25, -0.2) is 4.79 Å². The summed E-state index contributed by atoms with van der Waals surface area (Å²) in [5, 5.41) is 14.7. The molecule has 102 valence electrons. The number of hydrogen-bond donors (Lipinski definition) is 3. The summed E-state index contributed by atoms with van der Waals surface area (Å²) in [5.74, 6) is -0.285. The summed E-state index contributed by atoms with van der Waals surface area (Å²) >= 11 is 0. The molecular weight excluding hydrogens is 232 g/mol. The van der Waals surface area contributed by atoms with Gasteiger partial charge in [-0.15, -0.1) is 0 Å². The lowest BCUT2D eigenvalue weighted by molar-refractivity contribution is -0.143. The first-order valence-electron chi connectivity index (χ1n) is 6.81. The fraction of sp³-hybridized carbons (Fsp3) is 0.846. The summed E-state index contributed by atoms with van der Waals surface area (Å²) in [6.45, 7) is 2.40. The average Bonchev–Trinajstić information content (AvgIpc) is 3.11. The zero-order chi connectivity index (χ0) is 13.2. The van der Waals surface area contributed by atoms with Crippen LogP contribution in [0.5, 0.6) is 0 Å². The van der Waals surface area contributed by atoms with Crippen LogP contribution in [0.3, 0.4) is 0 Å². The molecule has 2 aliphatic carbocycles. The number of urea groups is 1. The number of carbonyl (C=O) groups is 2. The van der Waals surface area contributed by atoms with Gasteiger partial charge in [-0.3, -0.25) is 4.79 Å². The quantitative estimate of drug-likeness (QED) is 0.715. The highest BCUT2D eigenvalue weighted by Gasteiger charge is 2.50. The Kier molecular flexibility index (Phi) is 3.78. The van der Waals surface area contributed by atoms with Gasteiger partial charge in [0.05, 0.1) is 5.41 Å². The maximum absolute atomic E-state index is 11.7. The molecule has 18 heavy (non-hydrogen) atoms. The Morgan fingerprint density at radius 2 is 1.94 bits per heavy atom. The van der Waals surface area contributed by atoms with E-state index in [2.05, 4.69) is 17.6 Å². The first-order chi connectivity index (χ1) is 8.53. The van der Waals surface area contributed by atoms with Crippen molar-refractivity contribution in [3.05, 3.63) is 0 Å². The van der Waals surface area contributed by atoms with Crippen LogP contribution in [0, 0.1) is 11.3 Å². The standard InChI is InChI=1S/C13H22N2O3/c1-9-4-2-3-5-10(9)15-12(18)14-8-13(6-7-13)11(16)17/h9-10H,2-8H2,1H3,(H,16,17)(H2,14,15,18). The molecule has 0 aromatic heterocycles. The Morgan fingerprint density at radius 1 is 1.28 bits per heavy atom. The number of hydrogen-bond acceptors (Lipinski definition) is 2. The molecule has 3 N–H and O–H groups in total. The summed E-state index contributed by atoms with van der Waals surface area (Å²) in [5.41, 5.74) is -0.685. The van der Waals surface area contributed by atoms with E-state index in [0.29, 0.717) is 18.8 Å². The van der Waals surface area contributed by atoms with E-state index in [9.17, 15) is 9.59 Å². The van der Waals surface area contributed by atoms with E-state index in [1.54, 1.807) is 0 Å². The predicted molar refractivity (Wildman–Crippen MR) is 67.3 cm³/mol. The monoisotopic (exact) mass is 254 g/mol. The predicted octanol–water partition coefficient (Wildman–Crippen LogP) is 1.73. The SMILES string of the molecule is CC1CCCCC1NC(=O)NCC1(C(=O)O)CC1. The van der Waals surface area contributed by atoms with Gasteiger partial charge in [0.15, 0.2) is 0 Å². The Morgan fingerprint density at radius 3 is 2.50 bits per heavy atom. The average molecular weight is 254 g/mol. The Balaban J connectivity index is 1.73. The maximum atomic E-state index is 11.7. The van der Waals surface area contributed by atoms with Gasteiger partial charge in [0.25, 0.3) is 0 Å². The molecule has 2 amide bonds. The van der Waals surface area contributed by atoms with Gasteiger partial charge in [-0.2, -0.15) is 0 Å². The molecule has 2 aliphatic rings. The normalized spacial score (nSPS) is 29.4. The molecule has 0 aromatic carbocycles. The highest BCUT2D eigenvalue weighted by Crippen LogP contribution is 2.45. The van der Waals surface area contributed by atoms with Crippen molar-refractivity contribution in [1.82, 2.24) is 10.6 Å². The third-order valence-electron chi connectivity index (χ3n) is 4.32. The van der Waals surface area contributed by atoms with Crippen LogP contribution in [0.2, 0.25) is 0 Å². The molecule has 2 atom stereocenters. The second-order valence-electron chi connectivity index (χ2n) is 5.78. The van der Waals surface area contributed by atoms with Crippen molar-refractivity contribution >= 4 is 12.0 Å². The Bertz CT molecular complexity index is 339. The zero-order valence-electron chi connectivity index (χ0n) is 10.9. The van der Waals surface area contributed by atoms with Gasteiger partial charge < -0.3 is 15.7 Å². The van der Waals surface area contributed by atoms with Crippen molar-refractivity contribution in [2.24, 2.45) is 11.3 Å². The van der Waals surface area contributed by atoms with Crippen LogP contribution in [-0.4, -0.2) is 29.7 Å². The van der Waals surface area contributed by atoms with E-state index >= 15 is 0 Å². The van der Waals surface area contributed by atoms with Crippen LogP contribution in [-0.2, 0) is 4.79 Å². The molecule has 0 spiro atoms. The molecule has 0 aliphatic heterocycles. The molecule has 2 fully saturated rings. The van der Waals surface area contributed by atoms with Gasteiger partial charge in [-0.05, 0) is 31.6 Å². The molecular formula is C13H22N2O3. The number of amides is 2. The minimum Gasteiger partial charge on any atom is -0.481 e. The van der Waals surface area contributed by atoms with E-state index in [-0.39, 0.29) is 18.6 Å².